The van der Waals surface area contributed by atoms with E-state index in [0.29, 0.717) is 17.2 Å². The molecule has 1 heterocycles. The van der Waals surface area contributed by atoms with Gasteiger partial charge in [0.25, 0.3) is 5.91 Å². The highest BCUT2D eigenvalue weighted by Crippen LogP contribution is 2.25. The van der Waals surface area contributed by atoms with Crippen molar-refractivity contribution in [3.63, 3.8) is 0 Å². The largest absolute Gasteiger partial charge is 0.493 e. The molecule has 1 amide bonds. The average molecular weight is 338 g/mol. The van der Waals surface area contributed by atoms with Crippen LogP contribution in [0.1, 0.15) is 5.69 Å². The van der Waals surface area contributed by atoms with Crippen LogP contribution in [0.2, 0.25) is 0 Å². The molecule has 1 aromatic heterocycles. The van der Waals surface area contributed by atoms with Crippen molar-refractivity contribution in [3.8, 4) is 17.2 Å². The SMILES string of the molecule is COc1ccccc1OCC(=O)Nc1ccc(-n2nncc2C)cc1. The predicted octanol–water partition coefficient (Wildman–Crippen LogP) is 2.60. The third-order valence-electron chi connectivity index (χ3n) is 3.54. The van der Waals surface area contributed by atoms with Crippen molar-refractivity contribution in [2.45, 2.75) is 6.92 Å². The third kappa shape index (κ3) is 3.95. The number of benzene rings is 2. The molecule has 1 N–H and O–H groups in total. The van der Waals surface area contributed by atoms with Crippen molar-refractivity contribution in [1.29, 1.82) is 0 Å². The van der Waals surface area contributed by atoms with E-state index in [9.17, 15) is 4.79 Å². The summed E-state index contributed by atoms with van der Waals surface area (Å²) in [5.41, 5.74) is 2.48. The molecule has 3 rings (SSSR count). The first-order valence-electron chi connectivity index (χ1n) is 7.71. The molecule has 0 aliphatic heterocycles. The summed E-state index contributed by atoms with van der Waals surface area (Å²) in [6, 6.07) is 14.5. The Morgan fingerprint density at radius 1 is 1.12 bits per heavy atom. The van der Waals surface area contributed by atoms with Crippen LogP contribution < -0.4 is 14.8 Å². The summed E-state index contributed by atoms with van der Waals surface area (Å²) in [6.07, 6.45) is 1.69. The highest BCUT2D eigenvalue weighted by Gasteiger charge is 2.08. The Morgan fingerprint density at radius 3 is 2.48 bits per heavy atom. The van der Waals surface area contributed by atoms with E-state index in [1.807, 2.05) is 31.2 Å². The molecular weight excluding hydrogens is 320 g/mol. The number of carbonyl (C=O) groups is 1. The molecule has 0 spiro atoms. The van der Waals surface area contributed by atoms with Gasteiger partial charge in [0.2, 0.25) is 0 Å². The van der Waals surface area contributed by atoms with Crippen LogP contribution in [-0.4, -0.2) is 34.6 Å². The van der Waals surface area contributed by atoms with Gasteiger partial charge >= 0.3 is 0 Å². The summed E-state index contributed by atoms with van der Waals surface area (Å²) >= 11 is 0. The Morgan fingerprint density at radius 2 is 1.84 bits per heavy atom. The molecule has 0 atom stereocenters. The van der Waals surface area contributed by atoms with Gasteiger partial charge in [0.15, 0.2) is 18.1 Å². The normalized spacial score (nSPS) is 10.3. The standard InChI is InChI=1S/C18H18N4O3/c1-13-11-19-21-22(13)15-9-7-14(8-10-15)20-18(23)12-25-17-6-4-3-5-16(17)24-2/h3-11H,12H2,1-2H3,(H,20,23). The number of amides is 1. The van der Waals surface area contributed by atoms with Gasteiger partial charge in [-0.3, -0.25) is 4.79 Å². The lowest BCUT2D eigenvalue weighted by Crippen LogP contribution is -2.20. The van der Waals surface area contributed by atoms with Gasteiger partial charge in [0.1, 0.15) is 0 Å². The smallest absolute Gasteiger partial charge is 0.262 e. The number of nitrogens with one attached hydrogen (secondary N) is 1. The van der Waals surface area contributed by atoms with Gasteiger partial charge in [0.05, 0.1) is 24.7 Å². The van der Waals surface area contributed by atoms with Gasteiger partial charge in [-0.1, -0.05) is 17.3 Å². The molecular formula is C18H18N4O3. The fraction of sp³-hybridized carbons (Fsp3) is 0.167. The van der Waals surface area contributed by atoms with Crippen LogP contribution in [0, 0.1) is 6.92 Å². The summed E-state index contributed by atoms with van der Waals surface area (Å²) in [6.45, 7) is 1.81. The minimum absolute atomic E-state index is 0.107. The second-order valence-electron chi connectivity index (χ2n) is 5.32. The molecule has 128 valence electrons. The van der Waals surface area contributed by atoms with Crippen LogP contribution in [-0.2, 0) is 4.79 Å². The molecule has 0 unspecified atom stereocenters. The Bertz CT molecular complexity index is 859. The number of nitrogens with zero attached hydrogens (tertiary/aromatic N) is 3. The maximum Gasteiger partial charge on any atom is 0.262 e. The van der Waals surface area contributed by atoms with Gasteiger partial charge in [-0.25, -0.2) is 4.68 Å². The number of rotatable bonds is 6. The van der Waals surface area contributed by atoms with Crippen LogP contribution in [0.25, 0.3) is 5.69 Å². The highest BCUT2D eigenvalue weighted by molar-refractivity contribution is 5.92. The zero-order valence-corrected chi connectivity index (χ0v) is 14.0. The molecule has 0 fully saturated rings. The van der Waals surface area contributed by atoms with Crippen molar-refractivity contribution in [2.75, 3.05) is 19.0 Å². The van der Waals surface area contributed by atoms with Crippen molar-refractivity contribution in [2.24, 2.45) is 0 Å². The molecule has 0 saturated carbocycles. The topological polar surface area (TPSA) is 78.3 Å². The van der Waals surface area contributed by atoms with E-state index in [-0.39, 0.29) is 12.5 Å². The lowest BCUT2D eigenvalue weighted by atomic mass is 10.2. The lowest BCUT2D eigenvalue weighted by Gasteiger charge is -2.11. The van der Waals surface area contributed by atoms with Gasteiger partial charge < -0.3 is 14.8 Å². The van der Waals surface area contributed by atoms with E-state index in [4.69, 9.17) is 9.47 Å². The van der Waals surface area contributed by atoms with Crippen molar-refractivity contribution in [1.82, 2.24) is 15.0 Å². The van der Waals surface area contributed by atoms with Crippen LogP contribution in [0.3, 0.4) is 0 Å². The molecule has 3 aromatic rings. The fourth-order valence-electron chi connectivity index (χ4n) is 2.31. The number of hydrogen-bond acceptors (Lipinski definition) is 5. The third-order valence-corrected chi connectivity index (χ3v) is 3.54. The number of methoxy groups -OCH3 is 1. The number of carbonyl (C=O) groups excluding carboxylic acids is 1. The number of aryl methyl sites for hydroxylation is 1. The zero-order chi connectivity index (χ0) is 17.6. The van der Waals surface area contributed by atoms with Crippen LogP contribution >= 0.6 is 0 Å². The summed E-state index contributed by atoms with van der Waals surface area (Å²) in [4.78, 5) is 12.0. The van der Waals surface area contributed by atoms with Crippen LogP contribution in [0.5, 0.6) is 11.5 Å². The van der Waals surface area contributed by atoms with Crippen molar-refractivity contribution >= 4 is 11.6 Å². The second-order valence-corrected chi connectivity index (χ2v) is 5.32. The lowest BCUT2D eigenvalue weighted by molar-refractivity contribution is -0.118. The number of hydrogen-bond donors (Lipinski definition) is 1. The summed E-state index contributed by atoms with van der Waals surface area (Å²) in [5, 5.41) is 10.6. The van der Waals surface area contributed by atoms with Gasteiger partial charge in [-0.2, -0.15) is 0 Å². The fourth-order valence-corrected chi connectivity index (χ4v) is 2.31. The van der Waals surface area contributed by atoms with Gasteiger partial charge in [-0.15, -0.1) is 5.10 Å². The minimum atomic E-state index is -0.254. The van der Waals surface area contributed by atoms with Crippen molar-refractivity contribution < 1.29 is 14.3 Å². The van der Waals surface area contributed by atoms with Crippen LogP contribution in [0.4, 0.5) is 5.69 Å². The summed E-state index contributed by atoms with van der Waals surface area (Å²) < 4.78 is 12.4. The Labute approximate surface area is 145 Å². The predicted molar refractivity (Wildman–Crippen MR) is 93.2 cm³/mol. The minimum Gasteiger partial charge on any atom is -0.493 e. The molecule has 25 heavy (non-hydrogen) atoms. The number of aromatic nitrogens is 3. The van der Waals surface area contributed by atoms with Crippen LogP contribution in [0.15, 0.2) is 54.7 Å². The van der Waals surface area contributed by atoms with E-state index in [1.54, 1.807) is 42.3 Å². The van der Waals surface area contributed by atoms with E-state index >= 15 is 0 Å². The average Bonchev–Trinajstić information content (AvgIpc) is 3.07. The Kier molecular flexibility index (Phi) is 4.94. The maximum atomic E-state index is 12.0. The molecule has 0 radical (unpaired) electrons. The Hall–Kier alpha value is -3.35. The molecule has 0 aliphatic rings. The first-order chi connectivity index (χ1) is 12.2. The molecule has 0 aliphatic carbocycles. The van der Waals surface area contributed by atoms with E-state index < -0.39 is 0 Å². The summed E-state index contributed by atoms with van der Waals surface area (Å²) in [7, 11) is 1.56. The zero-order valence-electron chi connectivity index (χ0n) is 14.0. The quantitative estimate of drug-likeness (QED) is 0.747. The number of anilines is 1. The van der Waals surface area contributed by atoms with Crippen molar-refractivity contribution in [3.05, 3.63) is 60.4 Å². The van der Waals surface area contributed by atoms with E-state index in [0.717, 1.165) is 11.4 Å². The summed E-state index contributed by atoms with van der Waals surface area (Å²) in [5.74, 6) is 0.857. The molecule has 0 saturated heterocycles. The monoisotopic (exact) mass is 338 g/mol. The molecule has 7 nitrogen and oxygen atoms in total. The first-order valence-corrected chi connectivity index (χ1v) is 7.71. The Balaban J connectivity index is 1.59. The second kappa shape index (κ2) is 7.48. The number of ether oxygens (including phenoxy) is 2. The highest BCUT2D eigenvalue weighted by atomic mass is 16.5. The molecule has 2 aromatic carbocycles. The first kappa shape index (κ1) is 16.5. The number of para-hydroxylation sites is 2. The molecule has 0 bridgehead atoms. The van der Waals surface area contributed by atoms with Gasteiger partial charge in [-0.05, 0) is 43.3 Å². The van der Waals surface area contributed by atoms with Gasteiger partial charge in [0, 0.05) is 5.69 Å². The van der Waals surface area contributed by atoms with E-state index in [2.05, 4.69) is 15.6 Å². The maximum absolute atomic E-state index is 12.0. The van der Waals surface area contributed by atoms with E-state index in [1.165, 1.54) is 0 Å². The molecule has 7 heteroatoms.